The Morgan fingerprint density at radius 2 is 2.02 bits per heavy atom. The molecule has 0 radical (unpaired) electrons. The molecule has 2 fully saturated rings. The first-order chi connectivity index (χ1) is 21.6. The smallest absolute Gasteiger partial charge is 0.246 e. The molecule has 0 aliphatic carbocycles. The summed E-state index contributed by atoms with van der Waals surface area (Å²) in [6, 6.07) is 9.64. The normalized spacial score (nSPS) is 19.2. The minimum absolute atomic E-state index is 0.118. The first-order valence-electron chi connectivity index (χ1n) is 15.2. The van der Waals surface area contributed by atoms with E-state index in [4.69, 9.17) is 21.6 Å². The summed E-state index contributed by atoms with van der Waals surface area (Å²) >= 11 is 6.90. The quantitative estimate of drug-likeness (QED) is 0.220. The lowest BCUT2D eigenvalue weighted by atomic mass is 9.93. The summed E-state index contributed by atoms with van der Waals surface area (Å²) in [5, 5.41) is 10.4. The van der Waals surface area contributed by atoms with Gasteiger partial charge in [0, 0.05) is 54.8 Å². The molecule has 4 aromatic rings. The second-order valence-electron chi connectivity index (χ2n) is 12.3. The van der Waals surface area contributed by atoms with E-state index in [0.29, 0.717) is 47.7 Å². The zero-order valence-corrected chi connectivity index (χ0v) is 26.7. The van der Waals surface area contributed by atoms with Gasteiger partial charge in [-0.05, 0) is 69.6 Å². The maximum atomic E-state index is 16.8. The zero-order valence-electron chi connectivity index (χ0n) is 25.9. The maximum Gasteiger partial charge on any atom is 0.246 e. The van der Waals surface area contributed by atoms with Crippen LogP contribution in [0.1, 0.15) is 36.4 Å². The topological polar surface area (TPSA) is 81.3 Å². The molecule has 0 spiro atoms. The van der Waals surface area contributed by atoms with Crippen molar-refractivity contribution in [3.8, 4) is 17.2 Å². The molecule has 234 valence electrons. The average molecular weight is 632 g/mol. The van der Waals surface area contributed by atoms with Crippen molar-refractivity contribution in [3.05, 3.63) is 64.7 Å². The molecular weight excluding hydrogens is 596 g/mol. The van der Waals surface area contributed by atoms with E-state index in [9.17, 15) is 14.4 Å². The number of allylic oxidation sites excluding steroid dienone is 1. The van der Waals surface area contributed by atoms with Gasteiger partial charge in [0.15, 0.2) is 11.6 Å². The number of amides is 1. The highest BCUT2D eigenvalue weighted by molar-refractivity contribution is 6.35. The fourth-order valence-corrected chi connectivity index (χ4v) is 6.98. The molecule has 11 heteroatoms. The average Bonchev–Trinajstić information content (AvgIpc) is 3.43. The third-order valence-corrected chi connectivity index (χ3v) is 9.78. The number of aryl methyl sites for hydroxylation is 1. The molecule has 2 aliphatic heterocycles. The second kappa shape index (κ2) is 12.4. The van der Waals surface area contributed by atoms with Gasteiger partial charge in [-0.1, -0.05) is 29.8 Å². The Bertz CT molecular complexity index is 1860. The summed E-state index contributed by atoms with van der Waals surface area (Å²) in [6.07, 6.45) is 5.41. The van der Waals surface area contributed by atoms with Gasteiger partial charge in [0.1, 0.15) is 17.7 Å². The van der Waals surface area contributed by atoms with Gasteiger partial charge in [0.2, 0.25) is 5.91 Å². The largest absolute Gasteiger partial charge is 0.351 e. The molecule has 6 rings (SSSR count). The van der Waals surface area contributed by atoms with E-state index in [2.05, 4.69) is 15.9 Å². The van der Waals surface area contributed by atoms with Gasteiger partial charge in [0.05, 0.1) is 29.4 Å². The van der Waals surface area contributed by atoms with Gasteiger partial charge in [-0.2, -0.15) is 5.26 Å². The molecule has 1 amide bonds. The van der Waals surface area contributed by atoms with Crippen LogP contribution in [0.2, 0.25) is 5.02 Å². The van der Waals surface area contributed by atoms with Crippen LogP contribution in [0.25, 0.3) is 33.1 Å². The number of alkyl halides is 1. The van der Waals surface area contributed by atoms with E-state index in [1.165, 1.54) is 12.2 Å². The van der Waals surface area contributed by atoms with Crippen molar-refractivity contribution >= 4 is 45.3 Å². The molecule has 0 N–H and O–H groups in total. The van der Waals surface area contributed by atoms with Crippen LogP contribution in [0.4, 0.5) is 14.6 Å². The lowest BCUT2D eigenvalue weighted by molar-refractivity contribution is -0.130. The van der Waals surface area contributed by atoms with Crippen LogP contribution in [0, 0.1) is 31.0 Å². The first kappa shape index (κ1) is 30.9. The van der Waals surface area contributed by atoms with E-state index in [0.717, 1.165) is 35.3 Å². The number of pyridine rings is 1. The summed E-state index contributed by atoms with van der Waals surface area (Å²) in [6.45, 7) is 5.10. The van der Waals surface area contributed by atoms with Crippen LogP contribution in [0.15, 0.2) is 42.7 Å². The number of hydrogen-bond donors (Lipinski definition) is 0. The van der Waals surface area contributed by atoms with E-state index in [-0.39, 0.29) is 35.0 Å². The third kappa shape index (κ3) is 5.42. The molecule has 2 aliphatic rings. The summed E-state index contributed by atoms with van der Waals surface area (Å²) in [4.78, 5) is 28.5. The van der Waals surface area contributed by atoms with Crippen molar-refractivity contribution in [2.24, 2.45) is 0 Å². The van der Waals surface area contributed by atoms with Crippen LogP contribution >= 0.6 is 11.6 Å². The van der Waals surface area contributed by atoms with Crippen LogP contribution in [0.5, 0.6) is 0 Å². The van der Waals surface area contributed by atoms with Crippen molar-refractivity contribution in [2.45, 2.75) is 51.2 Å². The standard InChI is InChI=1S/C34H36ClF2N7O/c1-20-7-5-8-25(21(20)2)29-27(35)16-26-31(30(29)37)40-34(42-17-24(18-42)41(3)4)32-33(26)44(19-39-32)23-11-14-43(22(15-23)10-13-38)28(45)9-6-12-36/h5-9,16,19,22-24H,10-12,14-15,17-18H2,1-4H3/b9-6+/t22-,23+/m1/s1. The molecule has 2 saturated heterocycles. The molecule has 8 nitrogen and oxygen atoms in total. The molecular formula is C34H36ClF2N7O. The number of nitriles is 1. The monoisotopic (exact) mass is 631 g/mol. The van der Waals surface area contributed by atoms with Gasteiger partial charge in [-0.15, -0.1) is 0 Å². The van der Waals surface area contributed by atoms with Crippen LogP contribution in [-0.4, -0.2) is 82.7 Å². The fourth-order valence-electron chi connectivity index (χ4n) is 6.68. The number of nitrogens with zero attached hydrogens (tertiary/aromatic N) is 7. The minimum Gasteiger partial charge on any atom is -0.351 e. The molecule has 2 aromatic carbocycles. The second-order valence-corrected chi connectivity index (χ2v) is 12.7. The van der Waals surface area contributed by atoms with E-state index in [1.54, 1.807) is 17.3 Å². The third-order valence-electron chi connectivity index (χ3n) is 9.48. The highest BCUT2D eigenvalue weighted by Gasteiger charge is 2.35. The number of anilines is 1. The summed E-state index contributed by atoms with van der Waals surface area (Å²) in [5.41, 5.74) is 4.66. The highest BCUT2D eigenvalue weighted by Crippen LogP contribution is 2.43. The van der Waals surface area contributed by atoms with Crippen molar-refractivity contribution < 1.29 is 13.6 Å². The van der Waals surface area contributed by atoms with Gasteiger partial charge in [-0.25, -0.2) is 18.7 Å². The van der Waals surface area contributed by atoms with E-state index >= 15 is 4.39 Å². The Hall–Kier alpha value is -4.07. The summed E-state index contributed by atoms with van der Waals surface area (Å²) in [7, 11) is 4.08. The Balaban J connectivity index is 1.51. The number of imidazole rings is 1. The van der Waals surface area contributed by atoms with Gasteiger partial charge >= 0.3 is 0 Å². The minimum atomic E-state index is -0.730. The van der Waals surface area contributed by atoms with Crippen molar-refractivity contribution in [1.82, 2.24) is 24.3 Å². The maximum absolute atomic E-state index is 16.8. The SMILES string of the molecule is Cc1cccc(-c2c(Cl)cc3c(nc(N4CC(N(C)C)C4)c4ncn([C@H]5CCN(C(=O)/C=C/CF)[C@H](CC#N)C5)c43)c2F)c1C. The number of fused-ring (bicyclic) bond motifs is 3. The fraction of sp³-hybridized carbons (Fsp3) is 0.412. The van der Waals surface area contributed by atoms with Crippen LogP contribution < -0.4 is 4.90 Å². The predicted octanol–water partition coefficient (Wildman–Crippen LogP) is 6.38. The summed E-state index contributed by atoms with van der Waals surface area (Å²) < 4.78 is 31.6. The Morgan fingerprint density at radius 3 is 2.73 bits per heavy atom. The number of aromatic nitrogens is 3. The molecule has 0 saturated carbocycles. The molecule has 2 aromatic heterocycles. The van der Waals surface area contributed by atoms with Crippen molar-refractivity contribution in [3.63, 3.8) is 0 Å². The van der Waals surface area contributed by atoms with Crippen LogP contribution in [-0.2, 0) is 4.79 Å². The van der Waals surface area contributed by atoms with Gasteiger partial charge in [-0.3, -0.25) is 4.79 Å². The number of carbonyl (C=O) groups is 1. The van der Waals surface area contributed by atoms with E-state index in [1.807, 2.05) is 50.7 Å². The number of hydrogen-bond acceptors (Lipinski definition) is 6. The van der Waals surface area contributed by atoms with Crippen LogP contribution in [0.3, 0.4) is 0 Å². The number of likely N-dealkylation sites (tertiary alicyclic amines) is 1. The highest BCUT2D eigenvalue weighted by atomic mass is 35.5. The molecule has 4 heterocycles. The number of rotatable bonds is 7. The van der Waals surface area contributed by atoms with Gasteiger partial charge in [0.25, 0.3) is 0 Å². The Morgan fingerprint density at radius 1 is 1.24 bits per heavy atom. The molecule has 2 atom stereocenters. The number of benzene rings is 2. The number of halogens is 3. The zero-order chi connectivity index (χ0) is 32.0. The van der Waals surface area contributed by atoms with E-state index < -0.39 is 12.5 Å². The summed E-state index contributed by atoms with van der Waals surface area (Å²) in [5.74, 6) is -0.158. The molecule has 0 unspecified atom stereocenters. The molecule has 45 heavy (non-hydrogen) atoms. The number of likely N-dealkylation sites (N-methyl/N-ethyl adjacent to an activating group) is 1. The predicted molar refractivity (Wildman–Crippen MR) is 174 cm³/mol. The Labute approximate surface area is 266 Å². The first-order valence-corrected chi connectivity index (χ1v) is 15.6. The van der Waals surface area contributed by atoms with Crippen molar-refractivity contribution in [2.75, 3.05) is 45.3 Å². The lowest BCUT2D eigenvalue weighted by Gasteiger charge is -2.43. The number of carbonyl (C=O) groups excluding carboxylic acids is 1. The lowest BCUT2D eigenvalue weighted by Crippen LogP contribution is -2.57. The van der Waals surface area contributed by atoms with Gasteiger partial charge < -0.3 is 19.3 Å². The van der Waals surface area contributed by atoms with Crippen molar-refractivity contribution in [1.29, 1.82) is 5.26 Å². The molecule has 0 bridgehead atoms. The number of piperidine rings is 1. The Kier molecular flexibility index (Phi) is 8.51.